The van der Waals surface area contributed by atoms with Gasteiger partial charge in [-0.25, -0.2) is 9.59 Å². The van der Waals surface area contributed by atoms with Crippen molar-refractivity contribution in [3.8, 4) is 0 Å². The highest BCUT2D eigenvalue weighted by atomic mass is 32.2. The normalized spacial score (nSPS) is 18.2. The minimum Gasteiger partial charge on any atom is -0.457 e. The number of furan rings is 2. The van der Waals surface area contributed by atoms with Crippen molar-refractivity contribution < 1.29 is 37.4 Å². The summed E-state index contributed by atoms with van der Waals surface area (Å²) in [6, 6.07) is 6.63. The van der Waals surface area contributed by atoms with Crippen LogP contribution in [0.4, 0.5) is 0 Å². The quantitative estimate of drug-likeness (QED) is 0.623. The van der Waals surface area contributed by atoms with Gasteiger partial charge in [0.15, 0.2) is 0 Å². The molecule has 1 aliphatic rings. The minimum atomic E-state index is -0.525. The van der Waals surface area contributed by atoms with E-state index in [4.69, 9.17) is 27.8 Å². The van der Waals surface area contributed by atoms with Crippen LogP contribution in [0.25, 0.3) is 0 Å². The van der Waals surface area contributed by atoms with Crippen molar-refractivity contribution in [1.82, 2.24) is 0 Å². The molecule has 0 radical (unpaired) electrons. The second kappa shape index (κ2) is 10.2. The molecule has 0 atom stereocenters. The molecule has 8 nitrogen and oxygen atoms in total. The van der Waals surface area contributed by atoms with Gasteiger partial charge in [-0.05, 0) is 24.3 Å². The van der Waals surface area contributed by atoms with E-state index in [1.165, 1.54) is 11.8 Å². The first-order valence-electron chi connectivity index (χ1n) is 8.47. The van der Waals surface area contributed by atoms with Gasteiger partial charge in [-0.3, -0.25) is 0 Å². The number of carbonyl (C=O) groups is 2. The molecule has 0 amide bonds. The van der Waals surface area contributed by atoms with Crippen molar-refractivity contribution >= 4 is 23.7 Å². The van der Waals surface area contributed by atoms with Gasteiger partial charge in [-0.2, -0.15) is 0 Å². The van der Waals surface area contributed by atoms with E-state index in [0.29, 0.717) is 36.2 Å². The number of fused-ring (bicyclic) bond motifs is 4. The van der Waals surface area contributed by atoms with Crippen molar-refractivity contribution in [2.24, 2.45) is 0 Å². The van der Waals surface area contributed by atoms with Gasteiger partial charge in [0, 0.05) is 0 Å². The lowest BCUT2D eigenvalue weighted by Gasteiger charge is -2.07. The van der Waals surface area contributed by atoms with Crippen molar-refractivity contribution in [2.75, 3.05) is 39.6 Å². The Bertz CT molecular complexity index is 688. The molecule has 0 N–H and O–H groups in total. The Hall–Kier alpha value is -2.23. The van der Waals surface area contributed by atoms with Gasteiger partial charge in [0.2, 0.25) is 11.5 Å². The van der Waals surface area contributed by atoms with E-state index in [-0.39, 0.29) is 37.9 Å². The monoisotopic (exact) mass is 396 g/mol. The average Bonchev–Trinajstić information content (AvgIpc) is 3.32. The summed E-state index contributed by atoms with van der Waals surface area (Å²) < 4.78 is 31.8. The number of hydrogen-bond acceptors (Lipinski definition) is 9. The highest BCUT2D eigenvalue weighted by molar-refractivity contribution is 7.97. The van der Waals surface area contributed by atoms with Crippen molar-refractivity contribution in [1.29, 1.82) is 0 Å². The van der Waals surface area contributed by atoms with E-state index >= 15 is 0 Å². The molecular formula is C18H20O8S. The first kappa shape index (κ1) is 19.5. The number of esters is 2. The second-order valence-electron chi connectivity index (χ2n) is 5.52. The summed E-state index contributed by atoms with van der Waals surface area (Å²) in [5.41, 5.74) is 0. The molecular weight excluding hydrogens is 376 g/mol. The summed E-state index contributed by atoms with van der Waals surface area (Å²) in [4.78, 5) is 23.8. The summed E-state index contributed by atoms with van der Waals surface area (Å²) in [5.74, 6) is 1.66. The molecule has 3 heterocycles. The third-order valence-electron chi connectivity index (χ3n) is 3.51. The molecule has 0 fully saturated rings. The van der Waals surface area contributed by atoms with E-state index in [2.05, 4.69) is 0 Å². The summed E-state index contributed by atoms with van der Waals surface area (Å²) in [6.07, 6.45) is 0. The minimum absolute atomic E-state index is 0.127. The van der Waals surface area contributed by atoms with E-state index in [1.54, 1.807) is 24.3 Å². The fourth-order valence-electron chi connectivity index (χ4n) is 2.23. The molecule has 3 rings (SSSR count). The fourth-order valence-corrected chi connectivity index (χ4v) is 3.05. The molecule has 1 aliphatic heterocycles. The van der Waals surface area contributed by atoms with Gasteiger partial charge in [-0.1, -0.05) is 0 Å². The lowest BCUT2D eigenvalue weighted by molar-refractivity contribution is 0.000670. The van der Waals surface area contributed by atoms with Crippen molar-refractivity contribution in [2.45, 2.75) is 11.5 Å². The van der Waals surface area contributed by atoms with Gasteiger partial charge < -0.3 is 27.8 Å². The molecule has 9 heteroatoms. The Morgan fingerprint density at radius 3 is 1.56 bits per heavy atom. The van der Waals surface area contributed by atoms with Gasteiger partial charge in [0.1, 0.15) is 24.7 Å². The molecule has 0 aromatic carbocycles. The third-order valence-corrected chi connectivity index (χ3v) is 4.49. The Morgan fingerprint density at radius 2 is 1.07 bits per heavy atom. The lowest BCUT2D eigenvalue weighted by Crippen LogP contribution is -2.14. The number of rotatable bonds is 0. The van der Waals surface area contributed by atoms with Crippen LogP contribution < -0.4 is 0 Å². The first-order chi connectivity index (χ1) is 13.2. The maximum atomic E-state index is 11.9. The molecule has 146 valence electrons. The fraction of sp³-hybridized carbons (Fsp3) is 0.444. The zero-order valence-corrected chi connectivity index (χ0v) is 15.5. The van der Waals surface area contributed by atoms with Crippen LogP contribution in [0.3, 0.4) is 0 Å². The maximum absolute atomic E-state index is 11.9. The van der Waals surface area contributed by atoms with Gasteiger partial charge in [0.05, 0.1) is 37.9 Å². The molecule has 4 bridgehead atoms. The van der Waals surface area contributed by atoms with E-state index in [0.717, 1.165) is 0 Å². The number of carbonyl (C=O) groups excluding carboxylic acids is 2. The first-order valence-corrected chi connectivity index (χ1v) is 9.63. The summed E-state index contributed by atoms with van der Waals surface area (Å²) in [6.45, 7) is 1.45. The van der Waals surface area contributed by atoms with Gasteiger partial charge in [0.25, 0.3) is 0 Å². The van der Waals surface area contributed by atoms with Crippen LogP contribution in [0.15, 0.2) is 33.1 Å². The third kappa shape index (κ3) is 6.16. The zero-order valence-electron chi connectivity index (χ0n) is 14.6. The molecule has 2 aromatic rings. The standard InChI is InChI=1S/C18H20O8S/c19-17-15-3-1-13(25-15)11-27-12-14-2-4-16(26-14)18(20)24-10-8-22-6-5-21-7-9-23-17/h1-4H,5-12H2. The molecule has 2 aromatic heterocycles. The van der Waals surface area contributed by atoms with Crippen LogP contribution in [0.5, 0.6) is 0 Å². The molecule has 0 spiro atoms. The predicted molar refractivity (Wildman–Crippen MR) is 94.6 cm³/mol. The highest BCUT2D eigenvalue weighted by Gasteiger charge is 2.15. The number of cyclic esters (lactones) is 2. The van der Waals surface area contributed by atoms with Gasteiger partial charge in [-0.15, -0.1) is 11.8 Å². The highest BCUT2D eigenvalue weighted by Crippen LogP contribution is 2.21. The summed E-state index contributed by atoms with van der Waals surface area (Å²) in [5, 5.41) is 0. The Labute approximate surface area is 160 Å². The van der Waals surface area contributed by atoms with Gasteiger partial charge >= 0.3 is 11.9 Å². The van der Waals surface area contributed by atoms with Crippen molar-refractivity contribution in [3.05, 3.63) is 47.3 Å². The lowest BCUT2D eigenvalue weighted by atomic mass is 10.4. The van der Waals surface area contributed by atoms with Crippen LogP contribution in [-0.4, -0.2) is 51.6 Å². The number of ether oxygens (including phenoxy) is 4. The summed E-state index contributed by atoms with van der Waals surface area (Å²) in [7, 11) is 0. The predicted octanol–water partition coefficient (Wildman–Crippen LogP) is 2.67. The van der Waals surface area contributed by atoms with E-state index < -0.39 is 11.9 Å². The van der Waals surface area contributed by atoms with Crippen LogP contribution >= 0.6 is 11.8 Å². The van der Waals surface area contributed by atoms with Crippen LogP contribution in [0, 0.1) is 0 Å². The van der Waals surface area contributed by atoms with E-state index in [1.807, 2.05) is 0 Å². The van der Waals surface area contributed by atoms with Crippen LogP contribution in [-0.2, 0) is 30.5 Å². The molecule has 27 heavy (non-hydrogen) atoms. The maximum Gasteiger partial charge on any atom is 0.374 e. The van der Waals surface area contributed by atoms with Crippen LogP contribution in [0.1, 0.15) is 32.6 Å². The largest absolute Gasteiger partial charge is 0.457 e. The average molecular weight is 396 g/mol. The molecule has 0 saturated heterocycles. The second-order valence-corrected chi connectivity index (χ2v) is 6.51. The molecule has 0 saturated carbocycles. The molecule has 0 aliphatic carbocycles. The number of hydrogen-bond donors (Lipinski definition) is 0. The van der Waals surface area contributed by atoms with Crippen LogP contribution in [0.2, 0.25) is 0 Å². The zero-order chi connectivity index (χ0) is 18.9. The topological polar surface area (TPSA) is 97.3 Å². The summed E-state index contributed by atoms with van der Waals surface area (Å²) >= 11 is 1.53. The Kier molecular flexibility index (Phi) is 7.37. The van der Waals surface area contributed by atoms with Crippen molar-refractivity contribution in [3.63, 3.8) is 0 Å². The smallest absolute Gasteiger partial charge is 0.374 e. The Balaban J connectivity index is 1.59. The Morgan fingerprint density at radius 1 is 0.630 bits per heavy atom. The molecule has 0 unspecified atom stereocenters. The van der Waals surface area contributed by atoms with E-state index in [9.17, 15) is 9.59 Å². The number of thioether (sulfide) groups is 1. The SMILES string of the molecule is O=C1OCCOCCOCCOC(=O)c2ccc(o2)CSCc2ccc1o2.